The van der Waals surface area contributed by atoms with Crippen molar-refractivity contribution in [2.24, 2.45) is 0 Å². The van der Waals surface area contributed by atoms with Crippen molar-refractivity contribution in [3.8, 4) is 11.6 Å². The molecule has 1 atom stereocenters. The SMILES string of the molecule is COc1nc(C(F)(F)F)c(C(=O)Nc2cc(-n3cc(C(=O)NCCCN4CCOCC4)nn3)ccc2N2CCN(C)[C@@H](C)C2)nc1N. The normalized spacial score (nSPS) is 17.8. The van der Waals surface area contributed by atoms with E-state index in [1.807, 2.05) is 11.9 Å². The summed E-state index contributed by atoms with van der Waals surface area (Å²) in [5, 5.41) is 13.5. The molecule has 2 amide bonds. The van der Waals surface area contributed by atoms with E-state index in [-0.39, 0.29) is 17.4 Å². The molecular formula is C29H38F3N11O4. The van der Waals surface area contributed by atoms with Gasteiger partial charge < -0.3 is 35.6 Å². The van der Waals surface area contributed by atoms with Crippen molar-refractivity contribution in [1.82, 2.24) is 40.1 Å². The van der Waals surface area contributed by atoms with E-state index in [0.717, 1.165) is 39.7 Å². The Balaban J connectivity index is 1.38. The zero-order valence-electron chi connectivity index (χ0n) is 26.4. The number of methoxy groups -OCH3 is 1. The molecule has 0 unspecified atom stereocenters. The monoisotopic (exact) mass is 661 g/mol. The summed E-state index contributed by atoms with van der Waals surface area (Å²) in [6, 6.07) is 5.16. The standard InChI is InChI=1S/C29H38F3N11O4/c1-18-16-42(10-9-40(18)2)22-6-5-19(43-17-21(38-39-43)26(44)34-7-4-8-41-11-13-47-14-12-41)15-20(22)35-27(45)23-24(29(30,31)32)37-28(46-3)25(33)36-23/h5-6,15,17-18H,4,7-14,16H2,1-3H3,(H2,33,36)(H,34,44)(H,35,45)/t18-/m0/s1. The molecule has 0 radical (unpaired) electrons. The number of carbonyl (C=O) groups is 2. The summed E-state index contributed by atoms with van der Waals surface area (Å²) in [5.74, 6) is -2.59. The number of benzene rings is 1. The summed E-state index contributed by atoms with van der Waals surface area (Å²) in [6.45, 7) is 8.40. The number of halogens is 3. The molecule has 0 spiro atoms. The van der Waals surface area contributed by atoms with Crippen LogP contribution in [-0.2, 0) is 10.9 Å². The number of ether oxygens (including phenoxy) is 2. The number of hydrogen-bond donors (Lipinski definition) is 3. The van der Waals surface area contributed by atoms with Crippen molar-refractivity contribution in [1.29, 1.82) is 0 Å². The Bertz CT molecular complexity index is 1580. The van der Waals surface area contributed by atoms with Gasteiger partial charge in [-0.15, -0.1) is 5.10 Å². The Morgan fingerprint density at radius 3 is 2.60 bits per heavy atom. The molecule has 18 heteroatoms. The van der Waals surface area contributed by atoms with Crippen LogP contribution in [0, 0.1) is 0 Å². The number of anilines is 3. The van der Waals surface area contributed by atoms with Crippen LogP contribution >= 0.6 is 0 Å². The fraction of sp³-hybridized carbons (Fsp3) is 0.517. The third-order valence-corrected chi connectivity index (χ3v) is 8.13. The van der Waals surface area contributed by atoms with Crippen molar-refractivity contribution in [2.75, 3.05) is 89.1 Å². The molecule has 0 saturated carbocycles. The number of morpholine rings is 1. The molecule has 2 aliphatic rings. The Labute approximate surface area is 269 Å². The lowest BCUT2D eigenvalue weighted by molar-refractivity contribution is -0.142. The molecule has 4 heterocycles. The van der Waals surface area contributed by atoms with E-state index in [9.17, 15) is 22.8 Å². The largest absolute Gasteiger partial charge is 0.478 e. The summed E-state index contributed by atoms with van der Waals surface area (Å²) in [7, 11) is 3.10. The van der Waals surface area contributed by atoms with Crippen molar-refractivity contribution in [3.05, 3.63) is 41.5 Å². The minimum atomic E-state index is -5.02. The maximum Gasteiger partial charge on any atom is 0.435 e. The number of alkyl halides is 3. The Morgan fingerprint density at radius 1 is 1.13 bits per heavy atom. The molecule has 47 heavy (non-hydrogen) atoms. The molecule has 254 valence electrons. The second-order valence-electron chi connectivity index (χ2n) is 11.4. The zero-order chi connectivity index (χ0) is 33.7. The number of aromatic nitrogens is 5. The third kappa shape index (κ3) is 8.06. The number of likely N-dealkylation sites (N-methyl/N-ethyl adjacent to an activating group) is 1. The molecule has 2 aromatic heterocycles. The van der Waals surface area contributed by atoms with Gasteiger partial charge in [0, 0.05) is 45.3 Å². The number of rotatable bonds is 10. The molecule has 5 rings (SSSR count). The fourth-order valence-corrected chi connectivity index (χ4v) is 5.34. The molecule has 2 saturated heterocycles. The van der Waals surface area contributed by atoms with E-state index in [1.165, 1.54) is 10.9 Å². The predicted molar refractivity (Wildman–Crippen MR) is 166 cm³/mol. The summed E-state index contributed by atoms with van der Waals surface area (Å²) < 4.78 is 53.3. The molecule has 0 bridgehead atoms. The second-order valence-corrected chi connectivity index (χ2v) is 11.4. The van der Waals surface area contributed by atoms with Gasteiger partial charge in [-0.1, -0.05) is 5.21 Å². The fourth-order valence-electron chi connectivity index (χ4n) is 5.34. The lowest BCUT2D eigenvalue weighted by Gasteiger charge is -2.39. The van der Waals surface area contributed by atoms with Gasteiger partial charge in [0.1, 0.15) is 0 Å². The van der Waals surface area contributed by atoms with E-state index in [1.54, 1.807) is 18.2 Å². The van der Waals surface area contributed by atoms with Crippen LogP contribution in [0.1, 0.15) is 40.0 Å². The summed E-state index contributed by atoms with van der Waals surface area (Å²) >= 11 is 0. The van der Waals surface area contributed by atoms with Crippen LogP contribution in [0.5, 0.6) is 5.88 Å². The molecular weight excluding hydrogens is 623 g/mol. The number of nitrogens with zero attached hydrogens (tertiary/aromatic N) is 8. The average Bonchev–Trinajstić information content (AvgIpc) is 3.55. The molecule has 2 aliphatic heterocycles. The first-order valence-electron chi connectivity index (χ1n) is 15.1. The van der Waals surface area contributed by atoms with E-state index >= 15 is 0 Å². The van der Waals surface area contributed by atoms with E-state index in [0.29, 0.717) is 44.2 Å². The maximum absolute atomic E-state index is 13.9. The van der Waals surface area contributed by atoms with Crippen LogP contribution in [0.4, 0.5) is 30.4 Å². The first-order chi connectivity index (χ1) is 22.4. The summed E-state index contributed by atoms with van der Waals surface area (Å²) in [5.41, 5.74) is 4.44. The highest BCUT2D eigenvalue weighted by atomic mass is 19.4. The van der Waals surface area contributed by atoms with Crippen LogP contribution in [0.25, 0.3) is 5.69 Å². The van der Waals surface area contributed by atoms with Gasteiger partial charge in [-0.2, -0.15) is 13.2 Å². The number of carbonyl (C=O) groups excluding carboxylic acids is 2. The molecule has 1 aromatic carbocycles. The van der Waals surface area contributed by atoms with Crippen LogP contribution < -0.4 is 26.0 Å². The van der Waals surface area contributed by atoms with Crippen molar-refractivity contribution < 1.29 is 32.2 Å². The van der Waals surface area contributed by atoms with Crippen molar-refractivity contribution >= 4 is 29.0 Å². The van der Waals surface area contributed by atoms with Gasteiger partial charge >= 0.3 is 6.18 Å². The lowest BCUT2D eigenvalue weighted by atomic mass is 10.1. The minimum absolute atomic E-state index is 0.0812. The van der Waals surface area contributed by atoms with Crippen LogP contribution in [0.3, 0.4) is 0 Å². The van der Waals surface area contributed by atoms with Gasteiger partial charge in [0.05, 0.1) is 43.6 Å². The second kappa shape index (κ2) is 14.5. The van der Waals surface area contributed by atoms with Crippen LogP contribution in [0.2, 0.25) is 0 Å². The van der Waals surface area contributed by atoms with Gasteiger partial charge in [-0.3, -0.25) is 14.5 Å². The first-order valence-corrected chi connectivity index (χ1v) is 15.1. The lowest BCUT2D eigenvalue weighted by Crippen LogP contribution is -2.50. The number of amides is 2. The highest BCUT2D eigenvalue weighted by Crippen LogP contribution is 2.35. The zero-order valence-corrected chi connectivity index (χ0v) is 26.4. The molecule has 4 N–H and O–H groups in total. The Kier molecular flexibility index (Phi) is 10.4. The van der Waals surface area contributed by atoms with E-state index < -0.39 is 41.1 Å². The summed E-state index contributed by atoms with van der Waals surface area (Å²) in [4.78, 5) is 39.8. The van der Waals surface area contributed by atoms with Gasteiger partial charge in [-0.25, -0.2) is 14.6 Å². The molecule has 0 aliphatic carbocycles. The summed E-state index contributed by atoms with van der Waals surface area (Å²) in [6.07, 6.45) is -2.82. The van der Waals surface area contributed by atoms with Gasteiger partial charge in [-0.05, 0) is 45.1 Å². The number of piperazine rings is 1. The van der Waals surface area contributed by atoms with Gasteiger partial charge in [0.25, 0.3) is 17.7 Å². The smallest absolute Gasteiger partial charge is 0.435 e. The number of nitrogens with two attached hydrogens (primary N) is 1. The number of hydrogen-bond acceptors (Lipinski definition) is 12. The number of nitrogens with one attached hydrogen (secondary N) is 2. The number of nitrogen functional groups attached to an aromatic ring is 1. The third-order valence-electron chi connectivity index (χ3n) is 8.13. The van der Waals surface area contributed by atoms with Crippen molar-refractivity contribution in [3.63, 3.8) is 0 Å². The van der Waals surface area contributed by atoms with E-state index in [2.05, 4.69) is 47.6 Å². The topological polar surface area (TPSA) is 169 Å². The quantitative estimate of drug-likeness (QED) is 0.268. The molecule has 3 aromatic rings. The van der Waals surface area contributed by atoms with Crippen LogP contribution in [-0.4, -0.2) is 126 Å². The molecule has 2 fully saturated rings. The molecule has 15 nitrogen and oxygen atoms in total. The van der Waals surface area contributed by atoms with E-state index in [4.69, 9.17) is 15.2 Å². The predicted octanol–water partition coefficient (Wildman–Crippen LogP) is 1.51. The first kappa shape index (κ1) is 33.8. The Hall–Kier alpha value is -4.55. The van der Waals surface area contributed by atoms with Crippen molar-refractivity contribution in [2.45, 2.75) is 25.6 Å². The van der Waals surface area contributed by atoms with Gasteiger partial charge in [0.2, 0.25) is 0 Å². The van der Waals surface area contributed by atoms with Crippen LogP contribution in [0.15, 0.2) is 24.4 Å². The maximum atomic E-state index is 13.9. The average molecular weight is 662 g/mol. The highest BCUT2D eigenvalue weighted by molar-refractivity contribution is 6.06. The van der Waals surface area contributed by atoms with Gasteiger partial charge in [0.15, 0.2) is 22.9 Å². The highest BCUT2D eigenvalue weighted by Gasteiger charge is 2.40. The minimum Gasteiger partial charge on any atom is -0.478 e. The Morgan fingerprint density at radius 2 is 1.89 bits per heavy atom.